The van der Waals surface area contributed by atoms with E-state index in [4.69, 9.17) is 4.74 Å². The Morgan fingerprint density at radius 3 is 1.63 bits per heavy atom. The van der Waals surface area contributed by atoms with Gasteiger partial charge >= 0.3 is 6.18 Å². The van der Waals surface area contributed by atoms with Gasteiger partial charge in [-0.1, -0.05) is 42.5 Å². The van der Waals surface area contributed by atoms with E-state index in [1.54, 1.807) is 7.11 Å². The van der Waals surface area contributed by atoms with Gasteiger partial charge in [0.25, 0.3) is 0 Å². The van der Waals surface area contributed by atoms with Crippen molar-refractivity contribution in [3.05, 3.63) is 115 Å². The highest BCUT2D eigenvalue weighted by molar-refractivity contribution is 7.97. The molecule has 4 aromatic rings. The van der Waals surface area contributed by atoms with Crippen LogP contribution in [0.1, 0.15) is 5.56 Å². The number of hydrogen-bond donors (Lipinski definition) is 0. The van der Waals surface area contributed by atoms with Crippen LogP contribution < -0.4 is 4.74 Å². The van der Waals surface area contributed by atoms with Crippen LogP contribution in [0.5, 0.6) is 5.75 Å². The summed E-state index contributed by atoms with van der Waals surface area (Å²) in [6.07, 6.45) is -4.54. The average Bonchev–Trinajstić information content (AvgIpc) is 2.85. The molecule has 0 heterocycles. The zero-order chi connectivity index (χ0) is 25.5. The van der Waals surface area contributed by atoms with E-state index in [9.17, 15) is 26.1 Å². The van der Waals surface area contributed by atoms with Gasteiger partial charge in [-0.25, -0.2) is 8.42 Å². The maximum Gasteiger partial charge on any atom is 0.416 e. The molecule has 0 spiro atoms. The first-order chi connectivity index (χ1) is 16.6. The van der Waals surface area contributed by atoms with Gasteiger partial charge in [-0.3, -0.25) is 0 Å². The SMILES string of the molecule is COc1cccc([S+](c2ccccc2)c2ccccc2)c1.O=S(=O)([O-])c1ccc(C(F)(F)F)cc1. The number of rotatable bonds is 5. The molecule has 0 aliphatic heterocycles. The minimum absolute atomic E-state index is 0.107. The summed E-state index contributed by atoms with van der Waals surface area (Å²) < 4.78 is 72.4. The first kappa shape index (κ1) is 26.3. The first-order valence-electron chi connectivity index (χ1n) is 10.2. The van der Waals surface area contributed by atoms with Gasteiger partial charge in [-0.15, -0.1) is 0 Å². The van der Waals surface area contributed by atoms with Crippen LogP contribution >= 0.6 is 0 Å². The van der Waals surface area contributed by atoms with Crippen LogP contribution in [0.4, 0.5) is 13.2 Å². The van der Waals surface area contributed by atoms with Crippen molar-refractivity contribution < 1.29 is 30.9 Å². The summed E-state index contributed by atoms with van der Waals surface area (Å²) in [4.78, 5) is 3.23. The smallest absolute Gasteiger partial charge is 0.416 e. The number of hydrogen-bond acceptors (Lipinski definition) is 4. The fourth-order valence-corrected chi connectivity index (χ4v) is 5.65. The van der Waals surface area contributed by atoms with E-state index in [2.05, 4.69) is 78.9 Å². The van der Waals surface area contributed by atoms with Gasteiger partial charge < -0.3 is 9.29 Å². The quantitative estimate of drug-likeness (QED) is 0.227. The predicted octanol–water partition coefficient (Wildman–Crippen LogP) is 6.40. The van der Waals surface area contributed by atoms with Gasteiger partial charge in [-0.05, 0) is 60.7 Å². The molecule has 0 aliphatic carbocycles. The second-order valence-corrected chi connectivity index (χ2v) is 10.5. The van der Waals surface area contributed by atoms with E-state index >= 15 is 0 Å². The third-order valence-electron chi connectivity index (χ3n) is 4.71. The van der Waals surface area contributed by atoms with E-state index < -0.39 is 26.8 Å². The summed E-state index contributed by atoms with van der Waals surface area (Å²) in [6.45, 7) is 0. The predicted molar refractivity (Wildman–Crippen MR) is 127 cm³/mol. The summed E-state index contributed by atoms with van der Waals surface area (Å²) >= 11 is 0. The largest absolute Gasteiger partial charge is 0.744 e. The Kier molecular flexibility index (Phi) is 8.61. The van der Waals surface area contributed by atoms with Crippen LogP contribution in [0, 0.1) is 0 Å². The van der Waals surface area contributed by atoms with Crippen molar-refractivity contribution in [2.45, 2.75) is 25.8 Å². The maximum absolute atomic E-state index is 12.0. The second kappa shape index (κ2) is 11.4. The normalized spacial score (nSPS) is 11.5. The molecule has 0 saturated heterocycles. The third kappa shape index (κ3) is 7.35. The molecule has 0 unspecified atom stereocenters. The van der Waals surface area contributed by atoms with Crippen LogP contribution in [0.3, 0.4) is 0 Å². The van der Waals surface area contributed by atoms with Crippen LogP contribution in [-0.2, 0) is 27.2 Å². The van der Waals surface area contributed by atoms with E-state index in [0.29, 0.717) is 24.3 Å². The highest BCUT2D eigenvalue weighted by Crippen LogP contribution is 2.32. The topological polar surface area (TPSA) is 66.4 Å². The van der Waals surface area contributed by atoms with Crippen molar-refractivity contribution in [1.82, 2.24) is 0 Å². The number of ether oxygens (including phenoxy) is 1. The van der Waals surface area contributed by atoms with E-state index in [1.165, 1.54) is 14.7 Å². The average molecular weight is 519 g/mol. The molecule has 0 saturated carbocycles. The second-order valence-electron chi connectivity index (χ2n) is 7.09. The Bertz CT molecular complexity index is 1290. The van der Waals surface area contributed by atoms with Crippen molar-refractivity contribution in [3.8, 4) is 5.75 Å². The molecule has 0 bridgehead atoms. The third-order valence-corrected chi connectivity index (χ3v) is 7.77. The van der Waals surface area contributed by atoms with Crippen LogP contribution in [0.2, 0.25) is 0 Å². The van der Waals surface area contributed by atoms with Gasteiger partial charge in [0.05, 0.1) is 28.5 Å². The highest BCUT2D eigenvalue weighted by Gasteiger charge is 2.30. The number of alkyl halides is 3. The van der Waals surface area contributed by atoms with Gasteiger partial charge in [0, 0.05) is 6.07 Å². The molecular formula is C26H21F3O4S2. The fraction of sp³-hybridized carbons (Fsp3) is 0.0769. The number of halogens is 3. The monoisotopic (exact) mass is 518 g/mol. The van der Waals surface area contributed by atoms with Crippen LogP contribution in [0.15, 0.2) is 129 Å². The lowest BCUT2D eigenvalue weighted by atomic mass is 10.2. The van der Waals surface area contributed by atoms with E-state index in [-0.39, 0.29) is 10.9 Å². The van der Waals surface area contributed by atoms with Crippen molar-refractivity contribution in [2.75, 3.05) is 7.11 Å². The summed E-state index contributed by atoms with van der Waals surface area (Å²) in [7, 11) is -3.08. The summed E-state index contributed by atoms with van der Waals surface area (Å²) in [5.74, 6) is 0.900. The Labute approximate surface area is 205 Å². The molecule has 4 nitrogen and oxygen atoms in total. The minimum Gasteiger partial charge on any atom is -0.744 e. The van der Waals surface area contributed by atoms with Gasteiger partial charge in [0.1, 0.15) is 15.9 Å². The van der Waals surface area contributed by atoms with Crippen molar-refractivity contribution in [1.29, 1.82) is 0 Å². The van der Waals surface area contributed by atoms with Crippen molar-refractivity contribution in [3.63, 3.8) is 0 Å². The van der Waals surface area contributed by atoms with Crippen LogP contribution in [0.25, 0.3) is 0 Å². The minimum atomic E-state index is -4.68. The lowest BCUT2D eigenvalue weighted by Gasteiger charge is -2.09. The van der Waals surface area contributed by atoms with Gasteiger partial charge in [-0.2, -0.15) is 13.2 Å². The van der Waals surface area contributed by atoms with Crippen molar-refractivity contribution >= 4 is 21.0 Å². The number of benzene rings is 4. The Balaban J connectivity index is 0.000000214. The van der Waals surface area contributed by atoms with Crippen molar-refractivity contribution in [2.24, 2.45) is 0 Å². The first-order valence-corrected chi connectivity index (χ1v) is 12.8. The molecule has 0 N–H and O–H groups in total. The molecule has 0 amide bonds. The Morgan fingerprint density at radius 1 is 0.714 bits per heavy atom. The molecule has 9 heteroatoms. The molecule has 0 atom stereocenters. The number of methoxy groups -OCH3 is 1. The highest BCUT2D eigenvalue weighted by atomic mass is 32.2. The molecule has 4 rings (SSSR count). The molecular weight excluding hydrogens is 497 g/mol. The molecule has 35 heavy (non-hydrogen) atoms. The maximum atomic E-state index is 12.0. The molecule has 182 valence electrons. The Morgan fingerprint density at radius 2 is 1.20 bits per heavy atom. The van der Waals surface area contributed by atoms with E-state index in [0.717, 1.165) is 5.75 Å². The van der Waals surface area contributed by atoms with Gasteiger partial charge in [0.15, 0.2) is 14.7 Å². The molecule has 0 fully saturated rings. The zero-order valence-electron chi connectivity index (χ0n) is 18.5. The molecule has 4 aromatic carbocycles. The standard InChI is InChI=1S/C19H17OS.C7H5F3O3S/c1-20-16-9-8-14-19(15-16)21(17-10-4-2-5-11-17)18-12-6-3-7-13-18;8-7(9,10)5-1-3-6(4-2-5)14(11,12)13/h2-15H,1H3;1-4H,(H,11,12,13)/q+1;/p-1. The molecule has 0 aromatic heterocycles. The lowest BCUT2D eigenvalue weighted by Crippen LogP contribution is -2.05. The van der Waals surface area contributed by atoms with E-state index in [1.807, 2.05) is 6.07 Å². The summed E-state index contributed by atoms with van der Waals surface area (Å²) in [5, 5.41) is 0. The molecule has 0 aliphatic rings. The molecule has 0 radical (unpaired) electrons. The fourth-order valence-electron chi connectivity index (χ4n) is 3.06. The Hall–Kier alpha value is -3.27. The van der Waals surface area contributed by atoms with Gasteiger partial charge in [0.2, 0.25) is 0 Å². The summed E-state index contributed by atoms with van der Waals surface area (Å²) in [5.41, 5.74) is -0.995. The van der Waals surface area contributed by atoms with Crippen LogP contribution in [-0.4, -0.2) is 20.1 Å². The summed E-state index contributed by atoms with van der Waals surface area (Å²) in [6, 6.07) is 32.0. The zero-order valence-corrected chi connectivity index (χ0v) is 20.1. The lowest BCUT2D eigenvalue weighted by molar-refractivity contribution is -0.137.